The van der Waals surface area contributed by atoms with E-state index in [0.717, 1.165) is 5.69 Å². The van der Waals surface area contributed by atoms with Gasteiger partial charge < -0.3 is 10.3 Å². The molecule has 0 aliphatic rings. The Morgan fingerprint density at radius 1 is 1.38 bits per heavy atom. The Bertz CT molecular complexity index is 497. The third-order valence-electron chi connectivity index (χ3n) is 2.36. The molecule has 0 aliphatic carbocycles. The number of nitrogens with two attached hydrogens (primary N) is 1. The SMILES string of the molecule is N#Cc1nccn1C(CN)c1ccccn1. The summed E-state index contributed by atoms with van der Waals surface area (Å²) in [4.78, 5) is 8.19. The van der Waals surface area contributed by atoms with Crippen LogP contribution >= 0.6 is 0 Å². The molecule has 0 saturated heterocycles. The zero-order valence-electron chi connectivity index (χ0n) is 8.61. The minimum atomic E-state index is -0.140. The third-order valence-corrected chi connectivity index (χ3v) is 2.36. The molecule has 0 aliphatic heterocycles. The van der Waals surface area contributed by atoms with Gasteiger partial charge in [0.15, 0.2) is 0 Å². The van der Waals surface area contributed by atoms with Crippen molar-refractivity contribution in [3.63, 3.8) is 0 Å². The Kier molecular flexibility index (Phi) is 2.94. The van der Waals surface area contributed by atoms with Crippen LogP contribution in [-0.4, -0.2) is 21.1 Å². The van der Waals surface area contributed by atoms with Gasteiger partial charge >= 0.3 is 0 Å². The molecule has 0 aromatic carbocycles. The standard InChI is InChI=1S/C11H11N5/c12-7-10(9-3-1-2-4-14-9)16-6-5-15-11(16)8-13/h1-6,10H,7,12H2. The molecule has 2 aromatic rings. The lowest BCUT2D eigenvalue weighted by atomic mass is 10.2. The maximum absolute atomic E-state index is 8.90. The normalized spacial score (nSPS) is 12.0. The van der Waals surface area contributed by atoms with E-state index in [1.54, 1.807) is 23.2 Å². The van der Waals surface area contributed by atoms with Crippen LogP contribution in [-0.2, 0) is 0 Å². The quantitative estimate of drug-likeness (QED) is 0.813. The van der Waals surface area contributed by atoms with E-state index >= 15 is 0 Å². The zero-order chi connectivity index (χ0) is 11.4. The van der Waals surface area contributed by atoms with Crippen LogP contribution < -0.4 is 5.73 Å². The summed E-state index contributed by atoms with van der Waals surface area (Å²) in [6.07, 6.45) is 5.04. The molecule has 0 radical (unpaired) electrons. The van der Waals surface area contributed by atoms with Crippen LogP contribution in [0.3, 0.4) is 0 Å². The summed E-state index contributed by atoms with van der Waals surface area (Å²) in [6, 6.07) is 7.52. The number of imidazole rings is 1. The van der Waals surface area contributed by atoms with Crippen molar-refractivity contribution in [2.24, 2.45) is 5.73 Å². The van der Waals surface area contributed by atoms with Crippen LogP contribution in [0.2, 0.25) is 0 Å². The van der Waals surface area contributed by atoms with E-state index in [1.165, 1.54) is 0 Å². The Balaban J connectivity index is 2.42. The van der Waals surface area contributed by atoms with Gasteiger partial charge in [-0.25, -0.2) is 4.98 Å². The van der Waals surface area contributed by atoms with Crippen LogP contribution in [0.5, 0.6) is 0 Å². The van der Waals surface area contributed by atoms with Crippen molar-refractivity contribution >= 4 is 0 Å². The second-order valence-corrected chi connectivity index (χ2v) is 3.28. The molecule has 2 rings (SSSR count). The largest absolute Gasteiger partial charge is 0.328 e. The minimum absolute atomic E-state index is 0.140. The number of aromatic nitrogens is 3. The van der Waals surface area contributed by atoms with Crippen LogP contribution in [0, 0.1) is 11.3 Å². The van der Waals surface area contributed by atoms with Crippen molar-refractivity contribution in [3.05, 3.63) is 48.3 Å². The van der Waals surface area contributed by atoms with Gasteiger partial charge in [-0.05, 0) is 12.1 Å². The zero-order valence-corrected chi connectivity index (χ0v) is 8.61. The number of rotatable bonds is 3. The number of hydrogen-bond donors (Lipinski definition) is 1. The third kappa shape index (κ3) is 1.78. The van der Waals surface area contributed by atoms with Crippen LogP contribution in [0.25, 0.3) is 0 Å². The highest BCUT2D eigenvalue weighted by molar-refractivity contribution is 5.18. The van der Waals surface area contributed by atoms with Crippen molar-refractivity contribution in [2.75, 3.05) is 6.54 Å². The average Bonchev–Trinajstić information content (AvgIpc) is 2.80. The lowest BCUT2D eigenvalue weighted by Gasteiger charge is -2.16. The number of nitrogens with zero attached hydrogens (tertiary/aromatic N) is 4. The fourth-order valence-electron chi connectivity index (χ4n) is 1.60. The molecule has 16 heavy (non-hydrogen) atoms. The summed E-state index contributed by atoms with van der Waals surface area (Å²) in [6.45, 7) is 0.377. The van der Waals surface area contributed by atoms with Gasteiger partial charge in [0.25, 0.3) is 0 Å². The van der Waals surface area contributed by atoms with E-state index < -0.39 is 0 Å². The molecule has 1 atom stereocenters. The van der Waals surface area contributed by atoms with E-state index in [4.69, 9.17) is 11.0 Å². The minimum Gasteiger partial charge on any atom is -0.328 e. The first-order valence-electron chi connectivity index (χ1n) is 4.90. The van der Waals surface area contributed by atoms with E-state index in [2.05, 4.69) is 9.97 Å². The molecule has 0 saturated carbocycles. The number of hydrogen-bond acceptors (Lipinski definition) is 4. The molecule has 1 unspecified atom stereocenters. The van der Waals surface area contributed by atoms with E-state index in [1.807, 2.05) is 24.3 Å². The Morgan fingerprint density at radius 2 is 2.25 bits per heavy atom. The first-order chi connectivity index (χ1) is 7.86. The van der Waals surface area contributed by atoms with Gasteiger partial charge in [-0.3, -0.25) is 4.98 Å². The van der Waals surface area contributed by atoms with Gasteiger partial charge in [0, 0.05) is 25.1 Å². The van der Waals surface area contributed by atoms with Gasteiger partial charge in [-0.1, -0.05) is 6.07 Å². The number of nitriles is 1. The van der Waals surface area contributed by atoms with Crippen LogP contribution in [0.15, 0.2) is 36.8 Å². The molecule has 2 N–H and O–H groups in total. The van der Waals surface area contributed by atoms with Crippen LogP contribution in [0.4, 0.5) is 0 Å². The fraction of sp³-hybridized carbons (Fsp3) is 0.182. The monoisotopic (exact) mass is 213 g/mol. The molecular formula is C11H11N5. The maximum atomic E-state index is 8.90. The van der Waals surface area contributed by atoms with Gasteiger partial charge in [0.2, 0.25) is 5.82 Å². The first-order valence-corrected chi connectivity index (χ1v) is 4.90. The van der Waals surface area contributed by atoms with Gasteiger partial charge in [-0.15, -0.1) is 0 Å². The highest BCUT2D eigenvalue weighted by Gasteiger charge is 2.15. The highest BCUT2D eigenvalue weighted by Crippen LogP contribution is 2.15. The van der Waals surface area contributed by atoms with Crippen LogP contribution in [0.1, 0.15) is 17.6 Å². The predicted molar refractivity (Wildman–Crippen MR) is 58.4 cm³/mol. The Hall–Kier alpha value is -2.19. The molecule has 0 bridgehead atoms. The molecule has 5 nitrogen and oxygen atoms in total. The lowest BCUT2D eigenvalue weighted by molar-refractivity contribution is 0.572. The first kappa shape index (κ1) is 10.3. The molecule has 5 heteroatoms. The summed E-state index contributed by atoms with van der Waals surface area (Å²) in [5.74, 6) is 0.348. The summed E-state index contributed by atoms with van der Waals surface area (Å²) >= 11 is 0. The van der Waals surface area contributed by atoms with Gasteiger partial charge in [-0.2, -0.15) is 5.26 Å². The molecular weight excluding hydrogens is 202 g/mol. The molecule has 0 fully saturated rings. The van der Waals surface area contributed by atoms with Crippen molar-refractivity contribution in [3.8, 4) is 6.07 Å². The van der Waals surface area contributed by atoms with E-state index in [9.17, 15) is 0 Å². The van der Waals surface area contributed by atoms with Gasteiger partial charge in [0.05, 0.1) is 11.7 Å². The fourth-order valence-corrected chi connectivity index (χ4v) is 1.60. The Morgan fingerprint density at radius 3 is 2.88 bits per heavy atom. The van der Waals surface area contributed by atoms with E-state index in [-0.39, 0.29) is 6.04 Å². The smallest absolute Gasteiger partial charge is 0.213 e. The maximum Gasteiger partial charge on any atom is 0.213 e. The molecule has 80 valence electrons. The summed E-state index contributed by atoms with van der Waals surface area (Å²) < 4.78 is 1.74. The predicted octanol–water partition coefficient (Wildman–Crippen LogP) is 0.698. The average molecular weight is 213 g/mol. The molecule has 0 amide bonds. The van der Waals surface area contributed by atoms with Crippen molar-refractivity contribution in [2.45, 2.75) is 6.04 Å². The molecule has 2 aromatic heterocycles. The van der Waals surface area contributed by atoms with E-state index in [0.29, 0.717) is 12.4 Å². The summed E-state index contributed by atoms with van der Waals surface area (Å²) in [5, 5.41) is 8.90. The van der Waals surface area contributed by atoms with Crippen molar-refractivity contribution in [1.82, 2.24) is 14.5 Å². The lowest BCUT2D eigenvalue weighted by Crippen LogP contribution is -2.22. The van der Waals surface area contributed by atoms with Crippen molar-refractivity contribution < 1.29 is 0 Å². The highest BCUT2D eigenvalue weighted by atomic mass is 15.1. The molecule has 2 heterocycles. The summed E-state index contributed by atoms with van der Waals surface area (Å²) in [7, 11) is 0. The second kappa shape index (κ2) is 4.55. The second-order valence-electron chi connectivity index (χ2n) is 3.28. The van der Waals surface area contributed by atoms with Gasteiger partial charge in [0.1, 0.15) is 6.07 Å². The Labute approximate surface area is 93.2 Å². The molecule has 0 spiro atoms. The summed E-state index contributed by atoms with van der Waals surface area (Å²) in [5.41, 5.74) is 6.55. The number of pyridine rings is 1. The topological polar surface area (TPSA) is 80.5 Å². The van der Waals surface area contributed by atoms with Crippen molar-refractivity contribution in [1.29, 1.82) is 5.26 Å².